The Labute approximate surface area is 205 Å². The van der Waals surface area contributed by atoms with E-state index >= 15 is 0 Å². The predicted octanol–water partition coefficient (Wildman–Crippen LogP) is 6.26. The number of aryl methyl sites for hydroxylation is 3. The molecule has 0 unspecified atom stereocenters. The highest BCUT2D eigenvalue weighted by molar-refractivity contribution is 5.86. The van der Waals surface area contributed by atoms with Crippen molar-refractivity contribution in [3.8, 4) is 11.3 Å². The number of nitrogens with zero attached hydrogens (tertiary/aromatic N) is 5. The van der Waals surface area contributed by atoms with Gasteiger partial charge in [-0.15, -0.1) is 5.10 Å². The lowest BCUT2D eigenvalue weighted by Crippen LogP contribution is -2.43. The molecule has 4 aromatic rings. The van der Waals surface area contributed by atoms with Crippen LogP contribution in [0.15, 0.2) is 47.3 Å². The molecule has 6 nitrogen and oxygen atoms in total. The number of hydrogen-bond donors (Lipinski definition) is 0. The molecule has 4 heterocycles. The topological polar surface area (TPSA) is 59.5 Å². The molecule has 1 aromatic carbocycles. The van der Waals surface area contributed by atoms with E-state index in [0.717, 1.165) is 55.3 Å². The third kappa shape index (κ3) is 3.33. The second kappa shape index (κ2) is 7.54. The van der Waals surface area contributed by atoms with Crippen LogP contribution in [0.25, 0.3) is 22.3 Å². The average Bonchev–Trinajstić information content (AvgIpc) is 3.50. The van der Waals surface area contributed by atoms with E-state index in [2.05, 4.69) is 66.2 Å². The van der Waals surface area contributed by atoms with Crippen LogP contribution in [0.3, 0.4) is 0 Å². The minimum atomic E-state index is 0.274. The molecular weight excluding hydrogens is 434 g/mol. The Hall–Kier alpha value is -3.41. The highest BCUT2D eigenvalue weighted by Gasteiger charge is 2.44. The van der Waals surface area contributed by atoms with Gasteiger partial charge in [-0.2, -0.15) is 0 Å². The van der Waals surface area contributed by atoms with Crippen molar-refractivity contribution in [1.29, 1.82) is 0 Å². The fourth-order valence-electron chi connectivity index (χ4n) is 6.11. The van der Waals surface area contributed by atoms with Crippen molar-refractivity contribution >= 4 is 17.0 Å². The molecule has 1 saturated carbocycles. The van der Waals surface area contributed by atoms with Gasteiger partial charge >= 0.3 is 0 Å². The Morgan fingerprint density at radius 1 is 0.971 bits per heavy atom. The first-order valence-corrected chi connectivity index (χ1v) is 12.9. The fraction of sp³-hybridized carbons (Fsp3) is 0.414. The summed E-state index contributed by atoms with van der Waals surface area (Å²) >= 11 is 0. The molecule has 0 N–H and O–H groups in total. The van der Waals surface area contributed by atoms with Crippen LogP contribution in [0, 0.1) is 26.2 Å². The molecule has 2 aliphatic carbocycles. The summed E-state index contributed by atoms with van der Waals surface area (Å²) in [6.07, 6.45) is 12.3. The largest absolute Gasteiger partial charge is 0.360 e. The zero-order chi connectivity index (χ0) is 23.7. The molecule has 1 saturated heterocycles. The van der Waals surface area contributed by atoms with Gasteiger partial charge in [0.1, 0.15) is 11.5 Å². The second-order valence-electron chi connectivity index (χ2n) is 10.9. The van der Waals surface area contributed by atoms with Gasteiger partial charge in [-0.3, -0.25) is 0 Å². The monoisotopic (exact) mass is 465 g/mol. The van der Waals surface area contributed by atoms with E-state index in [1.165, 1.54) is 46.2 Å². The molecule has 0 radical (unpaired) electrons. The van der Waals surface area contributed by atoms with Crippen molar-refractivity contribution in [2.75, 3.05) is 18.0 Å². The van der Waals surface area contributed by atoms with Crippen LogP contribution in [-0.2, 0) is 0 Å². The quantitative estimate of drug-likeness (QED) is 0.356. The first-order chi connectivity index (χ1) is 17.0. The lowest BCUT2D eigenvalue weighted by molar-refractivity contribution is 0.275. The Bertz CT molecular complexity index is 1460. The molecule has 6 heteroatoms. The number of hydrogen-bond acceptors (Lipinski definition) is 5. The molecule has 1 aliphatic heterocycles. The highest BCUT2D eigenvalue weighted by Crippen LogP contribution is 2.55. The van der Waals surface area contributed by atoms with E-state index in [1.54, 1.807) is 0 Å². The number of benzene rings is 1. The van der Waals surface area contributed by atoms with Crippen LogP contribution < -0.4 is 4.90 Å². The van der Waals surface area contributed by atoms with Gasteiger partial charge in [0, 0.05) is 36.3 Å². The molecule has 0 amide bonds. The summed E-state index contributed by atoms with van der Waals surface area (Å²) in [5.74, 6) is 2.49. The zero-order valence-corrected chi connectivity index (χ0v) is 20.7. The van der Waals surface area contributed by atoms with E-state index in [0.29, 0.717) is 5.92 Å². The Balaban J connectivity index is 1.16. The third-order valence-electron chi connectivity index (χ3n) is 8.39. The Morgan fingerprint density at radius 2 is 1.71 bits per heavy atom. The van der Waals surface area contributed by atoms with Crippen molar-refractivity contribution < 1.29 is 4.52 Å². The summed E-state index contributed by atoms with van der Waals surface area (Å²) in [5.41, 5.74) is 10.1. The van der Waals surface area contributed by atoms with E-state index in [9.17, 15) is 0 Å². The van der Waals surface area contributed by atoms with Crippen molar-refractivity contribution in [2.24, 2.45) is 5.41 Å². The number of rotatable bonds is 4. The van der Waals surface area contributed by atoms with Crippen LogP contribution >= 0.6 is 0 Å². The smallest absolute Gasteiger partial charge is 0.243 e. The van der Waals surface area contributed by atoms with Crippen LogP contribution in [0.4, 0.5) is 5.95 Å². The number of fused-ring (bicyclic) bond motifs is 1. The first kappa shape index (κ1) is 20.9. The van der Waals surface area contributed by atoms with Gasteiger partial charge in [0.15, 0.2) is 0 Å². The average molecular weight is 466 g/mol. The Kier molecular flexibility index (Phi) is 4.51. The van der Waals surface area contributed by atoms with Gasteiger partial charge in [-0.1, -0.05) is 29.4 Å². The van der Waals surface area contributed by atoms with Crippen molar-refractivity contribution in [3.05, 3.63) is 70.7 Å². The zero-order valence-electron chi connectivity index (χ0n) is 20.7. The lowest BCUT2D eigenvalue weighted by atomic mass is 9.63. The maximum atomic E-state index is 6.01. The Morgan fingerprint density at radius 3 is 2.43 bits per heavy atom. The van der Waals surface area contributed by atoms with Crippen LogP contribution in [0.2, 0.25) is 0 Å². The highest BCUT2D eigenvalue weighted by atomic mass is 16.5. The molecule has 7 rings (SSSR count). The molecule has 0 bridgehead atoms. The van der Waals surface area contributed by atoms with Gasteiger partial charge < -0.3 is 9.42 Å². The first-order valence-electron chi connectivity index (χ1n) is 12.9. The molecule has 3 aromatic heterocycles. The minimum Gasteiger partial charge on any atom is -0.360 e. The normalized spacial score (nSPS) is 19.3. The van der Waals surface area contributed by atoms with Gasteiger partial charge in [0.25, 0.3) is 0 Å². The van der Waals surface area contributed by atoms with Gasteiger partial charge in [0.2, 0.25) is 5.95 Å². The fourth-order valence-corrected chi connectivity index (χ4v) is 6.11. The van der Waals surface area contributed by atoms with E-state index in [4.69, 9.17) is 9.62 Å². The van der Waals surface area contributed by atoms with Crippen LogP contribution in [0.1, 0.15) is 66.0 Å². The number of anilines is 1. The van der Waals surface area contributed by atoms with E-state index in [-0.39, 0.29) is 5.41 Å². The molecule has 3 aliphatic rings. The lowest BCUT2D eigenvalue weighted by Gasteiger charge is -2.46. The molecule has 0 atom stereocenters. The van der Waals surface area contributed by atoms with Gasteiger partial charge in [0.05, 0.1) is 11.7 Å². The summed E-state index contributed by atoms with van der Waals surface area (Å²) in [7, 11) is 0. The minimum absolute atomic E-state index is 0.274. The molecule has 2 fully saturated rings. The standard InChI is InChI=1S/C29H31N5O/c1-18-9-12-34-23(18)17-30-28(31-34)33-13-10-29(11-14-33)15-22(16-29)25-26(32-35-27(25)21-7-8-21)24-19(2)5-4-6-20(24)3/h4-6,9,12,15,17,21H,7-8,10-11,13-14,16H2,1-3H3. The summed E-state index contributed by atoms with van der Waals surface area (Å²) < 4.78 is 7.96. The molecule has 1 spiro atoms. The molecule has 35 heavy (non-hydrogen) atoms. The van der Waals surface area contributed by atoms with Crippen LogP contribution in [-0.4, -0.2) is 32.8 Å². The van der Waals surface area contributed by atoms with Crippen molar-refractivity contribution in [3.63, 3.8) is 0 Å². The summed E-state index contributed by atoms with van der Waals surface area (Å²) in [6.45, 7) is 8.42. The van der Waals surface area contributed by atoms with Crippen molar-refractivity contribution in [1.82, 2.24) is 19.8 Å². The maximum absolute atomic E-state index is 6.01. The number of aromatic nitrogens is 4. The van der Waals surface area contributed by atoms with Crippen LogP contribution in [0.5, 0.6) is 0 Å². The molecular formula is C29H31N5O. The number of piperidine rings is 1. The second-order valence-corrected chi connectivity index (χ2v) is 10.9. The SMILES string of the molecule is Cc1cccc(C)c1-c1noc(C2CC2)c1C1=CC2(CCN(c3ncc4c(C)ccn4n3)CC2)C1. The van der Waals surface area contributed by atoms with E-state index in [1.807, 2.05) is 16.9 Å². The maximum Gasteiger partial charge on any atom is 0.243 e. The summed E-state index contributed by atoms with van der Waals surface area (Å²) in [5, 5.41) is 9.40. The number of allylic oxidation sites excluding steroid dienone is 2. The summed E-state index contributed by atoms with van der Waals surface area (Å²) in [4.78, 5) is 7.00. The summed E-state index contributed by atoms with van der Waals surface area (Å²) in [6, 6.07) is 8.57. The predicted molar refractivity (Wildman–Crippen MR) is 138 cm³/mol. The van der Waals surface area contributed by atoms with Gasteiger partial charge in [-0.25, -0.2) is 9.50 Å². The van der Waals surface area contributed by atoms with Gasteiger partial charge in [-0.05, 0) is 86.6 Å². The van der Waals surface area contributed by atoms with E-state index < -0.39 is 0 Å². The van der Waals surface area contributed by atoms with Crippen molar-refractivity contribution in [2.45, 2.75) is 58.8 Å². The third-order valence-corrected chi connectivity index (χ3v) is 8.39. The molecule has 178 valence electrons.